The zero-order valence-corrected chi connectivity index (χ0v) is 15.4. The molecule has 1 N–H and O–H groups in total. The lowest BCUT2D eigenvalue weighted by Gasteiger charge is -2.13. The first-order valence-electron chi connectivity index (χ1n) is 9.11. The highest BCUT2D eigenvalue weighted by molar-refractivity contribution is 6.02. The first-order chi connectivity index (χ1) is 13.2. The fourth-order valence-electron chi connectivity index (χ4n) is 3.14. The van der Waals surface area contributed by atoms with E-state index >= 15 is 0 Å². The minimum atomic E-state index is -0.257. The second kappa shape index (κ2) is 7.19. The van der Waals surface area contributed by atoms with Gasteiger partial charge in [-0.15, -0.1) is 0 Å². The molecule has 2 aromatic heterocycles. The minimum Gasteiger partial charge on any atom is -0.367 e. The quantitative estimate of drug-likeness (QED) is 0.515. The highest BCUT2D eigenvalue weighted by atomic mass is 19.1. The van der Waals surface area contributed by atoms with Crippen LogP contribution in [0.15, 0.2) is 67.1 Å². The molecule has 0 bridgehead atoms. The Morgan fingerprint density at radius 1 is 1.04 bits per heavy atom. The molecule has 0 saturated carbocycles. The molecular weight excluding hydrogens is 339 g/mol. The third kappa shape index (κ3) is 3.28. The average molecular weight is 360 g/mol. The SMILES string of the molecule is CCC(C)Nc1ncnc2c1c(-c1ccccc1)cn2-c1ccc(F)cc1. The number of rotatable bonds is 5. The van der Waals surface area contributed by atoms with Gasteiger partial charge in [-0.05, 0) is 43.2 Å². The summed E-state index contributed by atoms with van der Waals surface area (Å²) in [4.78, 5) is 9.04. The molecule has 0 amide bonds. The van der Waals surface area contributed by atoms with E-state index in [2.05, 4.69) is 41.3 Å². The minimum absolute atomic E-state index is 0.257. The maximum atomic E-state index is 13.4. The fraction of sp³-hybridized carbons (Fsp3) is 0.182. The van der Waals surface area contributed by atoms with E-state index in [4.69, 9.17) is 0 Å². The van der Waals surface area contributed by atoms with Crippen LogP contribution < -0.4 is 5.32 Å². The van der Waals surface area contributed by atoms with E-state index in [1.165, 1.54) is 12.1 Å². The first-order valence-corrected chi connectivity index (χ1v) is 9.11. The third-order valence-corrected chi connectivity index (χ3v) is 4.77. The molecule has 0 aliphatic rings. The van der Waals surface area contributed by atoms with Crippen LogP contribution in [0.3, 0.4) is 0 Å². The fourth-order valence-corrected chi connectivity index (χ4v) is 3.14. The molecule has 27 heavy (non-hydrogen) atoms. The van der Waals surface area contributed by atoms with Crippen LogP contribution in [-0.2, 0) is 0 Å². The van der Waals surface area contributed by atoms with E-state index in [0.717, 1.165) is 40.1 Å². The summed E-state index contributed by atoms with van der Waals surface area (Å²) in [6.45, 7) is 4.27. The molecule has 136 valence electrons. The second-order valence-electron chi connectivity index (χ2n) is 6.63. The summed E-state index contributed by atoms with van der Waals surface area (Å²) in [5.41, 5.74) is 3.78. The van der Waals surface area contributed by atoms with Gasteiger partial charge >= 0.3 is 0 Å². The van der Waals surface area contributed by atoms with E-state index < -0.39 is 0 Å². The van der Waals surface area contributed by atoms with Crippen LogP contribution in [0.25, 0.3) is 27.8 Å². The van der Waals surface area contributed by atoms with Gasteiger partial charge in [-0.2, -0.15) is 0 Å². The Labute approximate surface area is 157 Å². The zero-order chi connectivity index (χ0) is 18.8. The molecule has 2 heterocycles. The largest absolute Gasteiger partial charge is 0.367 e. The molecule has 1 atom stereocenters. The summed E-state index contributed by atoms with van der Waals surface area (Å²) >= 11 is 0. The van der Waals surface area contributed by atoms with Crippen molar-refractivity contribution in [3.63, 3.8) is 0 Å². The Balaban J connectivity index is 1.98. The van der Waals surface area contributed by atoms with E-state index in [1.54, 1.807) is 18.5 Å². The number of hydrogen-bond acceptors (Lipinski definition) is 3. The third-order valence-electron chi connectivity index (χ3n) is 4.77. The summed E-state index contributed by atoms with van der Waals surface area (Å²) in [6, 6.07) is 16.9. The van der Waals surface area contributed by atoms with Crippen molar-refractivity contribution in [2.45, 2.75) is 26.3 Å². The van der Waals surface area contributed by atoms with E-state index in [0.29, 0.717) is 6.04 Å². The van der Waals surface area contributed by atoms with Crippen LogP contribution in [0.2, 0.25) is 0 Å². The molecule has 0 fully saturated rings. The number of nitrogens with one attached hydrogen (secondary N) is 1. The molecule has 5 heteroatoms. The van der Waals surface area contributed by atoms with Gasteiger partial charge in [-0.3, -0.25) is 0 Å². The number of halogens is 1. The molecule has 1 unspecified atom stereocenters. The van der Waals surface area contributed by atoms with Crippen LogP contribution in [0.4, 0.5) is 10.2 Å². The van der Waals surface area contributed by atoms with Crippen LogP contribution >= 0.6 is 0 Å². The molecule has 0 aliphatic heterocycles. The first kappa shape index (κ1) is 17.2. The summed E-state index contributed by atoms with van der Waals surface area (Å²) in [6.07, 6.45) is 4.61. The Kier molecular flexibility index (Phi) is 4.59. The smallest absolute Gasteiger partial charge is 0.150 e. The molecule has 4 aromatic rings. The van der Waals surface area contributed by atoms with E-state index in [9.17, 15) is 4.39 Å². The van der Waals surface area contributed by atoms with Crippen molar-refractivity contribution in [2.75, 3.05) is 5.32 Å². The van der Waals surface area contributed by atoms with Crippen molar-refractivity contribution in [3.05, 3.63) is 72.9 Å². The van der Waals surface area contributed by atoms with Crippen molar-refractivity contribution in [3.8, 4) is 16.8 Å². The van der Waals surface area contributed by atoms with Crippen molar-refractivity contribution < 1.29 is 4.39 Å². The normalized spacial score (nSPS) is 12.3. The Bertz CT molecular complexity index is 1060. The lowest BCUT2D eigenvalue weighted by Crippen LogP contribution is -2.15. The van der Waals surface area contributed by atoms with Gasteiger partial charge in [0, 0.05) is 23.5 Å². The zero-order valence-electron chi connectivity index (χ0n) is 15.4. The van der Waals surface area contributed by atoms with Crippen LogP contribution in [0, 0.1) is 5.82 Å². The van der Waals surface area contributed by atoms with Gasteiger partial charge in [-0.25, -0.2) is 14.4 Å². The predicted molar refractivity (Wildman–Crippen MR) is 108 cm³/mol. The maximum Gasteiger partial charge on any atom is 0.150 e. The van der Waals surface area contributed by atoms with Crippen molar-refractivity contribution in [2.24, 2.45) is 0 Å². The standard InChI is InChI=1S/C22H21FN4/c1-3-15(2)26-21-20-19(16-7-5-4-6-8-16)13-27(22(20)25-14-24-21)18-11-9-17(23)10-12-18/h4-15H,3H2,1-2H3,(H,24,25,26). The number of aromatic nitrogens is 3. The van der Waals surface area contributed by atoms with Gasteiger partial charge in [-0.1, -0.05) is 37.3 Å². The number of fused-ring (bicyclic) bond motifs is 1. The lowest BCUT2D eigenvalue weighted by atomic mass is 10.1. The molecular formula is C22H21FN4. The molecule has 0 aliphatic carbocycles. The van der Waals surface area contributed by atoms with Crippen LogP contribution in [0.5, 0.6) is 0 Å². The monoisotopic (exact) mass is 360 g/mol. The van der Waals surface area contributed by atoms with Gasteiger partial charge in [0.2, 0.25) is 0 Å². The number of hydrogen-bond donors (Lipinski definition) is 1. The highest BCUT2D eigenvalue weighted by Crippen LogP contribution is 2.35. The highest BCUT2D eigenvalue weighted by Gasteiger charge is 2.18. The van der Waals surface area contributed by atoms with Crippen LogP contribution in [-0.4, -0.2) is 20.6 Å². The topological polar surface area (TPSA) is 42.7 Å². The van der Waals surface area contributed by atoms with Gasteiger partial charge < -0.3 is 9.88 Å². The summed E-state index contributed by atoms with van der Waals surface area (Å²) in [5.74, 6) is 0.557. The van der Waals surface area contributed by atoms with Crippen molar-refractivity contribution in [1.82, 2.24) is 14.5 Å². The van der Waals surface area contributed by atoms with Crippen molar-refractivity contribution >= 4 is 16.9 Å². The summed E-state index contributed by atoms with van der Waals surface area (Å²) in [7, 11) is 0. The van der Waals surface area contributed by atoms with Crippen LogP contribution in [0.1, 0.15) is 20.3 Å². The van der Waals surface area contributed by atoms with E-state index in [1.807, 2.05) is 29.0 Å². The van der Waals surface area contributed by atoms with Gasteiger partial charge in [0.1, 0.15) is 18.0 Å². The molecule has 0 radical (unpaired) electrons. The van der Waals surface area contributed by atoms with Gasteiger partial charge in [0.05, 0.1) is 5.39 Å². The molecule has 4 rings (SSSR count). The van der Waals surface area contributed by atoms with Gasteiger partial charge in [0.15, 0.2) is 5.65 Å². The number of nitrogens with zero attached hydrogens (tertiary/aromatic N) is 3. The Morgan fingerprint density at radius 2 is 1.78 bits per heavy atom. The molecule has 2 aromatic carbocycles. The summed E-state index contributed by atoms with van der Waals surface area (Å²) in [5, 5.41) is 4.46. The van der Waals surface area contributed by atoms with Crippen molar-refractivity contribution in [1.29, 1.82) is 0 Å². The maximum absolute atomic E-state index is 13.4. The molecule has 4 nitrogen and oxygen atoms in total. The van der Waals surface area contributed by atoms with E-state index in [-0.39, 0.29) is 5.82 Å². The number of anilines is 1. The molecule has 0 spiro atoms. The van der Waals surface area contributed by atoms with Gasteiger partial charge in [0.25, 0.3) is 0 Å². The predicted octanol–water partition coefficient (Wildman–Crippen LogP) is 5.44. The number of benzene rings is 2. The average Bonchev–Trinajstić information content (AvgIpc) is 3.10. The Morgan fingerprint density at radius 3 is 2.48 bits per heavy atom. The second-order valence-corrected chi connectivity index (χ2v) is 6.63. The lowest BCUT2D eigenvalue weighted by molar-refractivity contribution is 0.627. The summed E-state index contributed by atoms with van der Waals surface area (Å²) < 4.78 is 15.4. The Hall–Kier alpha value is -3.21. The molecule has 0 saturated heterocycles.